The van der Waals surface area contributed by atoms with E-state index in [-0.39, 0.29) is 12.9 Å². The van der Waals surface area contributed by atoms with Crippen molar-refractivity contribution in [3.8, 4) is 0 Å². The highest BCUT2D eigenvalue weighted by Crippen LogP contribution is 2.26. The van der Waals surface area contributed by atoms with Gasteiger partial charge in [-0.15, -0.1) is 0 Å². The molecule has 0 aliphatic carbocycles. The second-order valence-corrected chi connectivity index (χ2v) is 6.91. The van der Waals surface area contributed by atoms with Crippen molar-refractivity contribution in [3.63, 3.8) is 0 Å². The summed E-state index contributed by atoms with van der Waals surface area (Å²) in [5.74, 6) is 0. The number of rotatable bonds is 9. The maximum absolute atomic E-state index is 8.88. The Balaban J connectivity index is -0.0000000847. The van der Waals surface area contributed by atoms with Gasteiger partial charge in [0.05, 0.1) is 0 Å². The van der Waals surface area contributed by atoms with E-state index in [1.165, 1.54) is 64.2 Å². The third-order valence-electron chi connectivity index (χ3n) is 2.46. The van der Waals surface area contributed by atoms with E-state index in [0.29, 0.717) is 0 Å². The molecule has 0 aromatic carbocycles. The molecule has 0 amide bonds. The lowest BCUT2D eigenvalue weighted by molar-refractivity contribution is 0.272. The maximum atomic E-state index is 8.88. The first kappa shape index (κ1) is 35.3. The molecule has 0 heterocycles. The molecular formula is C13H38O9P2. The van der Waals surface area contributed by atoms with Crippen LogP contribution in [0.5, 0.6) is 0 Å². The smallest absolute Gasteiger partial charge is 0.412 e. The molecule has 0 bridgehead atoms. The molecule has 0 saturated carbocycles. The van der Waals surface area contributed by atoms with E-state index in [9.17, 15) is 0 Å². The lowest BCUT2D eigenvalue weighted by atomic mass is 10.1. The fraction of sp³-hybridized carbons (Fsp3) is 1.00. The maximum Gasteiger partial charge on any atom is 0.466 e. The van der Waals surface area contributed by atoms with Gasteiger partial charge in [-0.25, -0.2) is 9.13 Å². The first-order valence-electron chi connectivity index (χ1n) is 7.48. The van der Waals surface area contributed by atoms with E-state index in [0.717, 1.165) is 0 Å². The van der Waals surface area contributed by atoms with Gasteiger partial charge in [-0.3, -0.25) is 0 Å². The standard InChI is InChI=1S/C12H26.CH4.2H3O4P.H2O/c1-3-5-7-9-11-12-10-8-6-4-2;;2*1-5(2,3)4;/h3-12H2,1-2H3;1H4;2*(H3,1,2,3,4);1H2. The van der Waals surface area contributed by atoms with Crippen LogP contribution in [0.15, 0.2) is 0 Å². The molecule has 0 radical (unpaired) electrons. The molecule has 0 aromatic rings. The summed E-state index contributed by atoms with van der Waals surface area (Å²) in [6.45, 7) is 4.56. The summed E-state index contributed by atoms with van der Waals surface area (Å²) in [6, 6.07) is 0. The van der Waals surface area contributed by atoms with E-state index in [2.05, 4.69) is 13.8 Å². The number of unbranched alkanes of at least 4 members (excludes halogenated alkanes) is 9. The Morgan fingerprint density at radius 2 is 0.667 bits per heavy atom. The summed E-state index contributed by atoms with van der Waals surface area (Å²) in [4.78, 5) is 43.1. The summed E-state index contributed by atoms with van der Waals surface area (Å²) in [6.07, 6.45) is 14.4. The molecule has 9 nitrogen and oxygen atoms in total. The molecule has 0 unspecified atom stereocenters. The summed E-state index contributed by atoms with van der Waals surface area (Å²) in [7, 11) is -9.28. The zero-order chi connectivity index (χ0) is 18.1. The fourth-order valence-corrected chi connectivity index (χ4v) is 1.56. The van der Waals surface area contributed by atoms with Crippen LogP contribution in [-0.2, 0) is 9.13 Å². The molecule has 0 atom stereocenters. The number of hydrogen-bond donors (Lipinski definition) is 6. The third kappa shape index (κ3) is 118. The highest BCUT2D eigenvalue weighted by Gasteiger charge is 2.00. The van der Waals surface area contributed by atoms with Gasteiger partial charge in [-0.1, -0.05) is 85.5 Å². The SMILES string of the molecule is C.CCCCCCCCCCCC.O.O=P(O)(O)O.O=P(O)(O)O. The predicted molar refractivity (Wildman–Crippen MR) is 96.4 cm³/mol. The van der Waals surface area contributed by atoms with Gasteiger partial charge in [-0.2, -0.15) is 0 Å². The zero-order valence-electron chi connectivity index (χ0n) is 14.0. The average Bonchev–Trinajstić information content (AvgIpc) is 2.28. The third-order valence-corrected chi connectivity index (χ3v) is 2.46. The Bertz CT molecular complexity index is 255. The van der Waals surface area contributed by atoms with Crippen LogP contribution in [0.25, 0.3) is 0 Å². The average molecular weight is 400 g/mol. The van der Waals surface area contributed by atoms with Gasteiger partial charge in [0.2, 0.25) is 0 Å². The van der Waals surface area contributed by atoms with Gasteiger partial charge in [0.1, 0.15) is 0 Å². The highest BCUT2D eigenvalue weighted by molar-refractivity contribution is 7.45. The molecule has 0 rings (SSSR count). The topological polar surface area (TPSA) is 187 Å². The summed E-state index contributed by atoms with van der Waals surface area (Å²) >= 11 is 0. The van der Waals surface area contributed by atoms with Gasteiger partial charge in [0.15, 0.2) is 0 Å². The second-order valence-electron chi connectivity index (χ2n) is 4.85. The Labute approximate surface area is 145 Å². The van der Waals surface area contributed by atoms with Gasteiger partial charge in [0.25, 0.3) is 0 Å². The molecule has 0 fully saturated rings. The molecule has 0 spiro atoms. The molecular weight excluding hydrogens is 362 g/mol. The van der Waals surface area contributed by atoms with Gasteiger partial charge in [0, 0.05) is 0 Å². The minimum absolute atomic E-state index is 0. The Morgan fingerprint density at radius 3 is 0.792 bits per heavy atom. The summed E-state index contributed by atoms with van der Waals surface area (Å²) < 4.78 is 17.8. The van der Waals surface area contributed by atoms with E-state index in [1.807, 2.05) is 0 Å². The van der Waals surface area contributed by atoms with E-state index in [1.54, 1.807) is 0 Å². The van der Waals surface area contributed by atoms with Crippen LogP contribution in [0.3, 0.4) is 0 Å². The minimum atomic E-state index is -4.64. The molecule has 24 heavy (non-hydrogen) atoms. The van der Waals surface area contributed by atoms with Crippen molar-refractivity contribution in [2.24, 2.45) is 0 Å². The lowest BCUT2D eigenvalue weighted by Crippen LogP contribution is -1.80. The summed E-state index contributed by atoms with van der Waals surface area (Å²) in [5, 5.41) is 0. The molecule has 0 aliphatic heterocycles. The van der Waals surface area contributed by atoms with Gasteiger partial charge >= 0.3 is 15.6 Å². The van der Waals surface area contributed by atoms with Crippen molar-refractivity contribution in [1.82, 2.24) is 0 Å². The van der Waals surface area contributed by atoms with E-state index in [4.69, 9.17) is 38.5 Å². The minimum Gasteiger partial charge on any atom is -0.412 e. The Kier molecular flexibility index (Phi) is 34.1. The molecule has 8 N–H and O–H groups in total. The van der Waals surface area contributed by atoms with Crippen molar-refractivity contribution in [2.45, 2.75) is 85.5 Å². The molecule has 0 saturated heterocycles. The van der Waals surface area contributed by atoms with E-state index < -0.39 is 15.6 Å². The molecule has 0 aliphatic rings. The van der Waals surface area contributed by atoms with Crippen LogP contribution in [0, 0.1) is 0 Å². The monoisotopic (exact) mass is 400 g/mol. The highest BCUT2D eigenvalue weighted by atomic mass is 31.2. The largest absolute Gasteiger partial charge is 0.466 e. The van der Waals surface area contributed by atoms with Crippen molar-refractivity contribution in [3.05, 3.63) is 0 Å². The normalized spacial score (nSPS) is 10.2. The zero-order valence-corrected chi connectivity index (χ0v) is 15.8. The first-order chi connectivity index (χ1) is 9.91. The Hall–Kier alpha value is 0.180. The van der Waals surface area contributed by atoms with E-state index >= 15 is 0 Å². The van der Waals surface area contributed by atoms with Crippen LogP contribution in [-0.4, -0.2) is 34.8 Å². The van der Waals surface area contributed by atoms with Crippen LogP contribution < -0.4 is 0 Å². The van der Waals surface area contributed by atoms with Crippen molar-refractivity contribution in [2.75, 3.05) is 0 Å². The van der Waals surface area contributed by atoms with Crippen LogP contribution in [0.4, 0.5) is 0 Å². The van der Waals surface area contributed by atoms with Crippen molar-refractivity contribution >= 4 is 15.6 Å². The van der Waals surface area contributed by atoms with Crippen LogP contribution in [0.2, 0.25) is 0 Å². The lowest BCUT2D eigenvalue weighted by Gasteiger charge is -1.99. The predicted octanol–water partition coefficient (Wildman–Crippen LogP) is 2.88. The van der Waals surface area contributed by atoms with Crippen molar-refractivity contribution in [1.29, 1.82) is 0 Å². The summed E-state index contributed by atoms with van der Waals surface area (Å²) in [5.41, 5.74) is 0. The van der Waals surface area contributed by atoms with Crippen LogP contribution in [0.1, 0.15) is 85.5 Å². The second kappa shape index (κ2) is 23.2. The quantitative estimate of drug-likeness (QED) is 0.252. The molecule has 11 heteroatoms. The fourth-order valence-electron chi connectivity index (χ4n) is 1.56. The van der Waals surface area contributed by atoms with Crippen molar-refractivity contribution < 1.29 is 44.0 Å². The molecule has 0 aromatic heterocycles. The van der Waals surface area contributed by atoms with Gasteiger partial charge in [-0.05, 0) is 0 Å². The van der Waals surface area contributed by atoms with Crippen LogP contribution >= 0.6 is 15.6 Å². The molecule has 154 valence electrons. The van der Waals surface area contributed by atoms with Gasteiger partial charge < -0.3 is 34.8 Å². The first-order valence-corrected chi connectivity index (χ1v) is 10.6. The number of phosphoric acid groups is 2. The number of hydrogen-bond acceptors (Lipinski definition) is 2. The Morgan fingerprint density at radius 1 is 0.542 bits per heavy atom.